The van der Waals surface area contributed by atoms with E-state index < -0.39 is 5.60 Å². The molecule has 2 heterocycles. The van der Waals surface area contributed by atoms with Gasteiger partial charge in [-0.1, -0.05) is 17.7 Å². The number of aromatic nitrogens is 1. The number of ether oxygens (including phenoxy) is 1. The Kier molecular flexibility index (Phi) is 4.54. The van der Waals surface area contributed by atoms with E-state index in [4.69, 9.17) is 16.3 Å². The standard InChI is InChI=1S/C18H22ClN3O2/c1-18(2,3)24-17(23)22-8-7-13(11-22)21-16-6-4-5-15-14(16)9-12(19)10-20-15/h4-6,9-10,13,21H,7-8,11H2,1-3H3. The molecule has 5 nitrogen and oxygen atoms in total. The van der Waals surface area contributed by atoms with Gasteiger partial charge in [-0.3, -0.25) is 4.98 Å². The molecule has 1 N–H and O–H groups in total. The number of nitrogens with one attached hydrogen (secondary N) is 1. The van der Waals surface area contributed by atoms with Crippen LogP contribution in [-0.4, -0.2) is 40.7 Å². The highest BCUT2D eigenvalue weighted by molar-refractivity contribution is 6.31. The maximum atomic E-state index is 12.2. The number of fused-ring (bicyclic) bond motifs is 1. The third-order valence-electron chi connectivity index (χ3n) is 3.89. The normalized spacial score (nSPS) is 18.0. The molecule has 6 heteroatoms. The van der Waals surface area contributed by atoms with E-state index in [0.29, 0.717) is 18.1 Å². The summed E-state index contributed by atoms with van der Waals surface area (Å²) < 4.78 is 5.44. The number of benzene rings is 1. The third kappa shape index (κ3) is 3.90. The number of pyridine rings is 1. The fourth-order valence-electron chi connectivity index (χ4n) is 2.84. The Hall–Kier alpha value is -2.01. The number of carbonyl (C=O) groups is 1. The van der Waals surface area contributed by atoms with Crippen LogP contribution in [0.15, 0.2) is 30.5 Å². The van der Waals surface area contributed by atoms with E-state index in [0.717, 1.165) is 23.0 Å². The summed E-state index contributed by atoms with van der Waals surface area (Å²) in [7, 11) is 0. The molecule has 1 aliphatic rings. The summed E-state index contributed by atoms with van der Waals surface area (Å²) >= 11 is 6.07. The Morgan fingerprint density at radius 2 is 2.21 bits per heavy atom. The summed E-state index contributed by atoms with van der Waals surface area (Å²) in [6, 6.07) is 8.02. The molecule has 0 bridgehead atoms. The first-order valence-electron chi connectivity index (χ1n) is 8.10. The molecule has 24 heavy (non-hydrogen) atoms. The van der Waals surface area contributed by atoms with Crippen molar-refractivity contribution in [2.75, 3.05) is 18.4 Å². The molecule has 3 rings (SSSR count). The van der Waals surface area contributed by atoms with Gasteiger partial charge in [0, 0.05) is 36.4 Å². The van der Waals surface area contributed by atoms with Gasteiger partial charge in [0.25, 0.3) is 0 Å². The molecule has 1 unspecified atom stereocenters. The second-order valence-corrected chi connectivity index (χ2v) is 7.52. The van der Waals surface area contributed by atoms with E-state index in [9.17, 15) is 4.79 Å². The number of hydrogen-bond acceptors (Lipinski definition) is 4. The number of anilines is 1. The van der Waals surface area contributed by atoms with Crippen LogP contribution >= 0.6 is 11.6 Å². The zero-order valence-electron chi connectivity index (χ0n) is 14.2. The van der Waals surface area contributed by atoms with Gasteiger partial charge in [0.1, 0.15) is 5.60 Å². The number of carbonyl (C=O) groups excluding carboxylic acids is 1. The van der Waals surface area contributed by atoms with Crippen LogP contribution in [0.5, 0.6) is 0 Å². The summed E-state index contributed by atoms with van der Waals surface area (Å²) in [6.07, 6.45) is 2.27. The zero-order chi connectivity index (χ0) is 17.3. The molecule has 1 aromatic carbocycles. The van der Waals surface area contributed by atoms with Crippen LogP contribution in [0.3, 0.4) is 0 Å². The molecule has 128 valence electrons. The molecule has 0 aliphatic carbocycles. The van der Waals surface area contributed by atoms with Gasteiger partial charge in [0.15, 0.2) is 0 Å². The maximum absolute atomic E-state index is 12.2. The molecule has 1 amide bonds. The molecule has 1 saturated heterocycles. The van der Waals surface area contributed by atoms with Gasteiger partial charge in [-0.15, -0.1) is 0 Å². The number of halogens is 1. The lowest BCUT2D eigenvalue weighted by Crippen LogP contribution is -2.36. The first-order valence-corrected chi connectivity index (χ1v) is 8.48. The lowest BCUT2D eigenvalue weighted by Gasteiger charge is -2.24. The van der Waals surface area contributed by atoms with Crippen LogP contribution in [0.1, 0.15) is 27.2 Å². The van der Waals surface area contributed by atoms with Crippen molar-refractivity contribution >= 4 is 34.3 Å². The maximum Gasteiger partial charge on any atom is 0.410 e. The van der Waals surface area contributed by atoms with Gasteiger partial charge in [-0.25, -0.2) is 4.79 Å². The van der Waals surface area contributed by atoms with Crippen LogP contribution in [0.4, 0.5) is 10.5 Å². The minimum Gasteiger partial charge on any atom is -0.444 e. The second kappa shape index (κ2) is 6.48. The summed E-state index contributed by atoms with van der Waals surface area (Å²) in [4.78, 5) is 18.3. The average molecular weight is 348 g/mol. The second-order valence-electron chi connectivity index (χ2n) is 7.08. The molecule has 0 radical (unpaired) electrons. The van der Waals surface area contributed by atoms with E-state index in [1.54, 1.807) is 11.1 Å². The summed E-state index contributed by atoms with van der Waals surface area (Å²) in [6.45, 7) is 6.95. The average Bonchev–Trinajstić information content (AvgIpc) is 2.95. The van der Waals surface area contributed by atoms with E-state index >= 15 is 0 Å². The molecule has 1 aromatic heterocycles. The quantitative estimate of drug-likeness (QED) is 0.879. The first kappa shape index (κ1) is 16.8. The predicted octanol–water partition coefficient (Wildman–Crippen LogP) is 4.31. The number of amides is 1. The molecule has 0 spiro atoms. The minimum atomic E-state index is -0.472. The van der Waals surface area contributed by atoms with E-state index in [-0.39, 0.29) is 12.1 Å². The van der Waals surface area contributed by atoms with E-state index in [1.165, 1.54) is 0 Å². The molecule has 0 saturated carbocycles. The van der Waals surface area contributed by atoms with Gasteiger partial charge < -0.3 is 15.0 Å². The third-order valence-corrected chi connectivity index (χ3v) is 4.10. The molecular formula is C18H22ClN3O2. The smallest absolute Gasteiger partial charge is 0.410 e. The van der Waals surface area contributed by atoms with Crippen LogP contribution < -0.4 is 5.32 Å². The van der Waals surface area contributed by atoms with Crippen molar-refractivity contribution < 1.29 is 9.53 Å². The van der Waals surface area contributed by atoms with Gasteiger partial charge >= 0.3 is 6.09 Å². The Morgan fingerprint density at radius 1 is 1.42 bits per heavy atom. The number of likely N-dealkylation sites (tertiary alicyclic amines) is 1. The highest BCUT2D eigenvalue weighted by Crippen LogP contribution is 2.27. The van der Waals surface area contributed by atoms with Crippen LogP contribution in [0.2, 0.25) is 5.02 Å². The van der Waals surface area contributed by atoms with Crippen molar-refractivity contribution in [2.45, 2.75) is 38.8 Å². The lowest BCUT2D eigenvalue weighted by atomic mass is 10.1. The molecule has 1 atom stereocenters. The fraction of sp³-hybridized carbons (Fsp3) is 0.444. The number of rotatable bonds is 2. The number of nitrogens with zero attached hydrogens (tertiary/aromatic N) is 2. The fourth-order valence-corrected chi connectivity index (χ4v) is 3.00. The highest BCUT2D eigenvalue weighted by atomic mass is 35.5. The van der Waals surface area contributed by atoms with Crippen LogP contribution in [0.25, 0.3) is 10.9 Å². The topological polar surface area (TPSA) is 54.5 Å². The van der Waals surface area contributed by atoms with Crippen molar-refractivity contribution in [3.8, 4) is 0 Å². The summed E-state index contributed by atoms with van der Waals surface area (Å²) in [5, 5.41) is 5.11. The summed E-state index contributed by atoms with van der Waals surface area (Å²) in [5.74, 6) is 0. The van der Waals surface area contributed by atoms with Crippen LogP contribution in [-0.2, 0) is 4.74 Å². The summed E-state index contributed by atoms with van der Waals surface area (Å²) in [5.41, 5.74) is 1.41. The van der Waals surface area contributed by atoms with Crippen molar-refractivity contribution in [1.82, 2.24) is 9.88 Å². The van der Waals surface area contributed by atoms with Gasteiger partial charge in [0.2, 0.25) is 0 Å². The van der Waals surface area contributed by atoms with Crippen LogP contribution in [0, 0.1) is 0 Å². The van der Waals surface area contributed by atoms with Crippen molar-refractivity contribution in [1.29, 1.82) is 0 Å². The van der Waals surface area contributed by atoms with Gasteiger partial charge in [-0.2, -0.15) is 0 Å². The lowest BCUT2D eigenvalue weighted by molar-refractivity contribution is 0.0293. The SMILES string of the molecule is CC(C)(C)OC(=O)N1CCC(Nc2cccc3ncc(Cl)cc23)C1. The Balaban J connectivity index is 1.70. The van der Waals surface area contributed by atoms with Gasteiger partial charge in [0.05, 0.1) is 10.5 Å². The molecule has 1 aliphatic heterocycles. The van der Waals surface area contributed by atoms with E-state index in [2.05, 4.69) is 10.3 Å². The molecule has 1 fully saturated rings. The largest absolute Gasteiger partial charge is 0.444 e. The Bertz CT molecular complexity index is 758. The van der Waals surface area contributed by atoms with Crippen molar-refractivity contribution in [3.63, 3.8) is 0 Å². The van der Waals surface area contributed by atoms with Gasteiger partial charge in [-0.05, 0) is 45.4 Å². The predicted molar refractivity (Wildman–Crippen MR) is 96.6 cm³/mol. The number of hydrogen-bond donors (Lipinski definition) is 1. The van der Waals surface area contributed by atoms with Crippen molar-refractivity contribution in [2.24, 2.45) is 0 Å². The molecule has 2 aromatic rings. The highest BCUT2D eigenvalue weighted by Gasteiger charge is 2.29. The zero-order valence-corrected chi connectivity index (χ0v) is 14.9. The monoisotopic (exact) mass is 347 g/mol. The first-order chi connectivity index (χ1) is 11.3. The Morgan fingerprint density at radius 3 is 2.96 bits per heavy atom. The Labute approximate surface area is 146 Å². The minimum absolute atomic E-state index is 0.182. The van der Waals surface area contributed by atoms with E-state index in [1.807, 2.05) is 45.0 Å². The van der Waals surface area contributed by atoms with Crippen molar-refractivity contribution in [3.05, 3.63) is 35.5 Å². The molecular weight excluding hydrogens is 326 g/mol.